The summed E-state index contributed by atoms with van der Waals surface area (Å²) in [5, 5.41) is 2.97. The number of nitrogens with zero attached hydrogens (tertiary/aromatic N) is 4. The van der Waals surface area contributed by atoms with Gasteiger partial charge in [0.05, 0.1) is 18.2 Å². The zero-order chi connectivity index (χ0) is 35.4. The van der Waals surface area contributed by atoms with Gasteiger partial charge < -0.3 is 4.90 Å². The number of rotatable bonds is 7. The van der Waals surface area contributed by atoms with Gasteiger partial charge in [0.1, 0.15) is 11.9 Å². The third kappa shape index (κ3) is 7.24. The highest BCUT2D eigenvalue weighted by atomic mass is 35.5. The van der Waals surface area contributed by atoms with Crippen LogP contribution in [0.1, 0.15) is 79.4 Å². The molecule has 5 aliphatic rings. The van der Waals surface area contributed by atoms with E-state index in [0.29, 0.717) is 37.2 Å². The van der Waals surface area contributed by atoms with E-state index in [4.69, 9.17) is 11.6 Å². The summed E-state index contributed by atoms with van der Waals surface area (Å²) >= 11 is 6.18. The van der Waals surface area contributed by atoms with Crippen molar-refractivity contribution in [3.8, 4) is 0 Å². The van der Waals surface area contributed by atoms with Crippen LogP contribution in [0.15, 0.2) is 42.0 Å². The molecule has 2 aromatic carbocycles. The molecule has 1 aliphatic carbocycles. The second kappa shape index (κ2) is 13.7. The van der Waals surface area contributed by atoms with Crippen LogP contribution in [-0.2, 0) is 22.7 Å². The average molecular weight is 712 g/mol. The minimum atomic E-state index is -2.94. The lowest BCUT2D eigenvalue weighted by molar-refractivity contribution is -0.137. The summed E-state index contributed by atoms with van der Waals surface area (Å²) in [6, 6.07) is 9.32. The highest BCUT2D eigenvalue weighted by molar-refractivity contribution is 6.30. The van der Waals surface area contributed by atoms with E-state index in [1.165, 1.54) is 27.7 Å². The largest absolute Gasteiger partial charge is 0.322 e. The van der Waals surface area contributed by atoms with Crippen molar-refractivity contribution in [1.82, 2.24) is 24.9 Å². The van der Waals surface area contributed by atoms with Crippen molar-refractivity contribution >= 4 is 34.9 Å². The van der Waals surface area contributed by atoms with E-state index >= 15 is 13.2 Å². The van der Waals surface area contributed by atoms with Crippen molar-refractivity contribution in [2.24, 2.45) is 5.41 Å². The molecule has 268 valence electrons. The number of imide groups is 1. The van der Waals surface area contributed by atoms with E-state index in [1.54, 1.807) is 11.0 Å². The van der Waals surface area contributed by atoms with Crippen molar-refractivity contribution < 1.29 is 27.6 Å². The summed E-state index contributed by atoms with van der Waals surface area (Å²) in [5.41, 5.74) is 5.13. The van der Waals surface area contributed by atoms with E-state index in [2.05, 4.69) is 36.2 Å². The Morgan fingerprint density at radius 1 is 0.920 bits per heavy atom. The van der Waals surface area contributed by atoms with Crippen LogP contribution >= 0.6 is 11.6 Å². The quantitative estimate of drug-likeness (QED) is 0.370. The maximum Gasteiger partial charge on any atom is 0.275 e. The molecular formula is C38H45ClF3N5O3. The zero-order valence-corrected chi connectivity index (χ0v) is 29.5. The molecule has 0 aromatic heterocycles. The third-order valence-electron chi connectivity index (χ3n) is 11.3. The number of fused-ring (bicyclic) bond motifs is 1. The first-order valence-electron chi connectivity index (χ1n) is 17.8. The van der Waals surface area contributed by atoms with Crippen LogP contribution in [-0.4, -0.2) is 101 Å². The van der Waals surface area contributed by atoms with Gasteiger partial charge in [-0.1, -0.05) is 49.2 Å². The summed E-state index contributed by atoms with van der Waals surface area (Å²) in [7, 11) is 0. The van der Waals surface area contributed by atoms with E-state index in [-0.39, 0.29) is 36.9 Å². The minimum absolute atomic E-state index is 0.0348. The van der Waals surface area contributed by atoms with Crippen molar-refractivity contribution in [2.75, 3.05) is 45.8 Å². The molecule has 0 bridgehead atoms. The summed E-state index contributed by atoms with van der Waals surface area (Å²) in [5.74, 6) is -5.21. The highest BCUT2D eigenvalue weighted by Gasteiger charge is 2.48. The maximum absolute atomic E-state index is 15.8. The molecule has 2 unspecified atom stereocenters. The van der Waals surface area contributed by atoms with Gasteiger partial charge in [-0.15, -0.1) is 0 Å². The molecule has 3 fully saturated rings. The molecule has 0 radical (unpaired) electrons. The number of piperazine rings is 1. The summed E-state index contributed by atoms with van der Waals surface area (Å²) in [6.45, 7) is 8.32. The minimum Gasteiger partial charge on any atom is -0.322 e. The monoisotopic (exact) mass is 711 g/mol. The Bertz CT molecular complexity index is 1710. The van der Waals surface area contributed by atoms with Gasteiger partial charge in [0.25, 0.3) is 11.8 Å². The Labute approximate surface area is 296 Å². The van der Waals surface area contributed by atoms with Crippen LogP contribution in [0.5, 0.6) is 0 Å². The van der Waals surface area contributed by atoms with E-state index < -0.39 is 48.1 Å². The third-order valence-corrected chi connectivity index (χ3v) is 11.6. The molecule has 4 aliphatic heterocycles. The number of nitrogens with one attached hydrogen (secondary N) is 1. The lowest BCUT2D eigenvalue weighted by atomic mass is 9.72. The molecule has 1 N–H and O–H groups in total. The Kier molecular flexibility index (Phi) is 9.64. The fourth-order valence-electron chi connectivity index (χ4n) is 8.62. The molecule has 4 heterocycles. The number of carbonyl (C=O) groups excluding carboxylic acids is 3. The SMILES string of the molecule is CC1(C)CCC(CN2CCN(C3CCN(Cc4cc(F)c5c(c4)CN(C4CCC(=O)NC4=O)C5=O)CC3(F)F)CC2)=C(c2ccc(Cl)cc2)C1. The summed E-state index contributed by atoms with van der Waals surface area (Å²) in [6.07, 6.45) is 3.76. The first-order valence-corrected chi connectivity index (χ1v) is 18.1. The normalized spacial score (nSPS) is 26.4. The number of alkyl halides is 2. The van der Waals surface area contributed by atoms with Crippen LogP contribution in [0.4, 0.5) is 13.2 Å². The van der Waals surface area contributed by atoms with Gasteiger partial charge in [-0.2, -0.15) is 0 Å². The van der Waals surface area contributed by atoms with Gasteiger partial charge in [0.15, 0.2) is 0 Å². The number of piperidine rings is 2. The number of hydrogen-bond donors (Lipinski definition) is 1. The van der Waals surface area contributed by atoms with Gasteiger partial charge in [0.2, 0.25) is 11.8 Å². The molecule has 7 rings (SSSR count). The standard InChI is InChI=1S/C38H45ClF3N5O3/c1-37(2)11-9-26(29(19-37)25-3-5-28(39)6-4-25)21-44-13-15-46(16-14-44)32-10-12-45(23-38(32,41)42)20-24-17-27-22-47(36(50)34(27)30(40)18-24)31-7-8-33(48)43-35(31)49/h3-6,17-18,31-32H,7-16,19-23H2,1-2H3,(H,43,48,49). The lowest BCUT2D eigenvalue weighted by Crippen LogP contribution is -2.61. The van der Waals surface area contributed by atoms with Crippen LogP contribution in [0, 0.1) is 11.2 Å². The van der Waals surface area contributed by atoms with Crippen molar-refractivity contribution in [3.63, 3.8) is 0 Å². The van der Waals surface area contributed by atoms with Gasteiger partial charge in [-0.3, -0.25) is 34.4 Å². The number of carbonyl (C=O) groups is 3. The number of allylic oxidation sites excluding steroid dienone is 1. The number of hydrogen-bond acceptors (Lipinski definition) is 6. The van der Waals surface area contributed by atoms with Gasteiger partial charge in [-0.25, -0.2) is 13.2 Å². The molecule has 8 nitrogen and oxygen atoms in total. The molecule has 0 spiro atoms. The predicted molar refractivity (Wildman–Crippen MR) is 185 cm³/mol. The van der Waals surface area contributed by atoms with Crippen molar-refractivity contribution in [3.05, 3.63) is 75.1 Å². The number of halogens is 4. The lowest BCUT2D eigenvalue weighted by Gasteiger charge is -2.46. The summed E-state index contributed by atoms with van der Waals surface area (Å²) in [4.78, 5) is 44.3. The second-order valence-corrected chi connectivity index (χ2v) is 16.0. The van der Waals surface area contributed by atoms with E-state index in [0.717, 1.165) is 43.9 Å². The number of likely N-dealkylation sites (tertiary alicyclic amines) is 1. The topological polar surface area (TPSA) is 76.2 Å². The van der Waals surface area contributed by atoms with E-state index in [1.807, 2.05) is 17.0 Å². The molecule has 2 aromatic rings. The Morgan fingerprint density at radius 3 is 2.36 bits per heavy atom. The number of benzene rings is 2. The van der Waals surface area contributed by atoms with Crippen LogP contribution < -0.4 is 5.32 Å². The Balaban J connectivity index is 0.952. The highest BCUT2D eigenvalue weighted by Crippen LogP contribution is 2.43. The van der Waals surface area contributed by atoms with Crippen molar-refractivity contribution in [1.29, 1.82) is 0 Å². The fraction of sp³-hybridized carbons (Fsp3) is 0.553. The first kappa shape index (κ1) is 35.2. The van der Waals surface area contributed by atoms with Crippen LogP contribution in [0.2, 0.25) is 5.02 Å². The van der Waals surface area contributed by atoms with Gasteiger partial charge in [-0.05, 0) is 78.0 Å². The first-order chi connectivity index (χ1) is 23.8. The number of amides is 3. The van der Waals surface area contributed by atoms with Gasteiger partial charge >= 0.3 is 0 Å². The Hall–Kier alpha value is -3.25. The maximum atomic E-state index is 15.8. The molecule has 12 heteroatoms. The average Bonchev–Trinajstić information content (AvgIpc) is 3.38. The van der Waals surface area contributed by atoms with Crippen LogP contribution in [0.25, 0.3) is 5.57 Å². The van der Waals surface area contributed by atoms with Crippen molar-refractivity contribution in [2.45, 2.75) is 83.5 Å². The molecule has 50 heavy (non-hydrogen) atoms. The van der Waals surface area contributed by atoms with Gasteiger partial charge in [0, 0.05) is 63.8 Å². The molecule has 0 saturated carbocycles. The Morgan fingerprint density at radius 2 is 1.66 bits per heavy atom. The predicted octanol–water partition coefficient (Wildman–Crippen LogP) is 5.73. The fourth-order valence-corrected chi connectivity index (χ4v) is 8.75. The molecule has 3 amide bonds. The molecule has 3 saturated heterocycles. The smallest absolute Gasteiger partial charge is 0.275 e. The second-order valence-electron chi connectivity index (χ2n) is 15.5. The van der Waals surface area contributed by atoms with E-state index in [9.17, 15) is 14.4 Å². The molecule has 2 atom stereocenters. The van der Waals surface area contributed by atoms with Crippen LogP contribution in [0.3, 0.4) is 0 Å². The zero-order valence-electron chi connectivity index (χ0n) is 28.8. The molecular weight excluding hydrogens is 667 g/mol. The summed E-state index contributed by atoms with van der Waals surface area (Å²) < 4.78 is 46.8.